The fourth-order valence-electron chi connectivity index (χ4n) is 3.65. The fourth-order valence-corrected chi connectivity index (χ4v) is 3.65. The Morgan fingerprint density at radius 1 is 1.23 bits per heavy atom. The van der Waals surface area contributed by atoms with Crippen molar-refractivity contribution in [2.24, 2.45) is 5.41 Å². The Labute approximate surface area is 181 Å². The molecule has 1 aliphatic rings. The van der Waals surface area contributed by atoms with Gasteiger partial charge in [-0.05, 0) is 54.8 Å². The molecule has 0 saturated heterocycles. The van der Waals surface area contributed by atoms with Crippen molar-refractivity contribution in [1.82, 2.24) is 5.32 Å². The van der Waals surface area contributed by atoms with Crippen molar-refractivity contribution < 1.29 is 29.7 Å². The number of hydrogen-bond acceptors (Lipinski definition) is 5. The molecule has 7 nitrogen and oxygen atoms in total. The third-order valence-corrected chi connectivity index (χ3v) is 5.56. The van der Waals surface area contributed by atoms with Crippen LogP contribution < -0.4 is 5.32 Å². The lowest BCUT2D eigenvalue weighted by molar-refractivity contribution is -0.141. The Balaban J connectivity index is 2.12. The van der Waals surface area contributed by atoms with Gasteiger partial charge in [0.25, 0.3) is 0 Å². The highest BCUT2D eigenvalue weighted by Gasteiger charge is 2.46. The molecule has 0 radical (unpaired) electrons. The number of rotatable bonds is 7. The van der Waals surface area contributed by atoms with Crippen molar-refractivity contribution in [3.8, 4) is 5.75 Å². The van der Waals surface area contributed by atoms with Gasteiger partial charge in [0.05, 0.1) is 0 Å². The number of hydrogen-bond donors (Lipinski definition) is 4. The second kappa shape index (κ2) is 9.31. The molecule has 0 unspecified atom stereocenters. The number of carbonyl (C=O) groups is 3. The summed E-state index contributed by atoms with van der Waals surface area (Å²) in [5, 5.41) is 32.4. The van der Waals surface area contributed by atoms with E-state index in [9.17, 15) is 29.7 Å². The molecule has 4 N–H and O–H groups in total. The number of carbonyl (C=O) groups excluding carboxylic acids is 2. The SMILES string of the molecule is CC1=CC(=O)CC(C)(C)[C@@]1(O)/C=C/C(C)=C\C(=O)N[C@@H](Cc1ccc(O)cc1)C(=O)O. The molecule has 31 heavy (non-hydrogen) atoms. The van der Waals surface area contributed by atoms with Crippen molar-refractivity contribution in [3.05, 3.63) is 65.3 Å². The fraction of sp³-hybridized carbons (Fsp3) is 0.375. The molecule has 2 rings (SSSR count). The highest BCUT2D eigenvalue weighted by atomic mass is 16.4. The minimum absolute atomic E-state index is 0.0412. The number of carboxylic acids is 1. The molecule has 166 valence electrons. The van der Waals surface area contributed by atoms with Gasteiger partial charge in [-0.1, -0.05) is 32.1 Å². The van der Waals surface area contributed by atoms with Gasteiger partial charge >= 0.3 is 5.97 Å². The molecular formula is C24H29NO6. The van der Waals surface area contributed by atoms with E-state index in [4.69, 9.17) is 0 Å². The summed E-state index contributed by atoms with van der Waals surface area (Å²) in [6, 6.07) is 4.95. The molecule has 1 aromatic carbocycles. The Morgan fingerprint density at radius 3 is 2.39 bits per heavy atom. The molecule has 0 saturated carbocycles. The Morgan fingerprint density at radius 2 is 1.84 bits per heavy atom. The van der Waals surface area contributed by atoms with E-state index in [1.54, 1.807) is 52.0 Å². The first-order valence-electron chi connectivity index (χ1n) is 9.97. The lowest BCUT2D eigenvalue weighted by Crippen LogP contribution is -2.48. The number of phenols is 1. The molecule has 1 aromatic rings. The van der Waals surface area contributed by atoms with Crippen LogP contribution in [0.3, 0.4) is 0 Å². The van der Waals surface area contributed by atoms with Gasteiger partial charge in [0, 0.05) is 24.3 Å². The van der Waals surface area contributed by atoms with Crippen LogP contribution in [0.25, 0.3) is 0 Å². The van der Waals surface area contributed by atoms with Crippen LogP contribution in [-0.2, 0) is 20.8 Å². The first kappa shape index (κ1) is 24.1. The van der Waals surface area contributed by atoms with E-state index in [1.165, 1.54) is 24.3 Å². The number of aliphatic hydroxyl groups is 1. The predicted molar refractivity (Wildman–Crippen MR) is 116 cm³/mol. The van der Waals surface area contributed by atoms with Gasteiger partial charge < -0.3 is 20.6 Å². The Hall–Kier alpha value is -3.19. The van der Waals surface area contributed by atoms with Crippen molar-refractivity contribution in [1.29, 1.82) is 0 Å². The topological polar surface area (TPSA) is 124 Å². The van der Waals surface area contributed by atoms with Crippen molar-refractivity contribution in [2.45, 2.75) is 52.2 Å². The van der Waals surface area contributed by atoms with E-state index in [-0.39, 0.29) is 24.4 Å². The number of allylic oxidation sites excluding steroid dienone is 3. The summed E-state index contributed by atoms with van der Waals surface area (Å²) < 4.78 is 0. The van der Waals surface area contributed by atoms with Gasteiger partial charge in [-0.15, -0.1) is 0 Å². The summed E-state index contributed by atoms with van der Waals surface area (Å²) in [4.78, 5) is 35.7. The third-order valence-electron chi connectivity index (χ3n) is 5.56. The summed E-state index contributed by atoms with van der Waals surface area (Å²) in [5.41, 5.74) is -0.345. The maximum Gasteiger partial charge on any atom is 0.326 e. The predicted octanol–water partition coefficient (Wildman–Crippen LogP) is 2.68. The summed E-state index contributed by atoms with van der Waals surface area (Å²) in [6.07, 6.45) is 6.11. The largest absolute Gasteiger partial charge is 0.508 e. The van der Waals surface area contributed by atoms with E-state index in [0.29, 0.717) is 16.7 Å². The molecule has 0 aromatic heterocycles. The zero-order chi connectivity index (χ0) is 23.4. The van der Waals surface area contributed by atoms with Gasteiger partial charge in [-0.25, -0.2) is 4.79 Å². The van der Waals surface area contributed by atoms with Crippen LogP contribution >= 0.6 is 0 Å². The molecule has 2 atom stereocenters. The summed E-state index contributed by atoms with van der Waals surface area (Å²) in [6.45, 7) is 6.96. The number of amides is 1. The molecule has 0 bridgehead atoms. The van der Waals surface area contributed by atoms with E-state index < -0.39 is 28.9 Å². The summed E-state index contributed by atoms with van der Waals surface area (Å²) in [7, 11) is 0. The third kappa shape index (κ3) is 5.92. The minimum Gasteiger partial charge on any atom is -0.508 e. The summed E-state index contributed by atoms with van der Waals surface area (Å²) >= 11 is 0. The Bertz CT molecular complexity index is 955. The van der Waals surface area contributed by atoms with Gasteiger partial charge in [-0.2, -0.15) is 0 Å². The molecule has 0 fully saturated rings. The number of ketones is 1. The zero-order valence-corrected chi connectivity index (χ0v) is 18.2. The van der Waals surface area contributed by atoms with E-state index in [1.807, 2.05) is 0 Å². The van der Waals surface area contributed by atoms with E-state index in [2.05, 4.69) is 5.32 Å². The standard InChI is InChI=1S/C24H29NO6/c1-15(9-10-24(31)16(2)12-19(27)14-23(24,3)4)11-21(28)25-20(22(29)30)13-17-5-7-18(26)8-6-17/h5-12,20,26,31H,13-14H2,1-4H3,(H,25,28)(H,29,30)/b10-9+,15-11-/t20-,24+/m0/s1. The van der Waals surface area contributed by atoms with Crippen molar-refractivity contribution in [2.75, 3.05) is 0 Å². The lowest BCUT2D eigenvalue weighted by Gasteiger charge is -2.44. The molecule has 7 heteroatoms. The quantitative estimate of drug-likeness (QED) is 0.392. The first-order chi connectivity index (χ1) is 14.3. The highest BCUT2D eigenvalue weighted by Crippen LogP contribution is 2.44. The van der Waals surface area contributed by atoms with Gasteiger partial charge in [0.15, 0.2) is 5.78 Å². The van der Waals surface area contributed by atoms with Crippen LogP contribution in [0.4, 0.5) is 0 Å². The van der Waals surface area contributed by atoms with Crippen LogP contribution in [0, 0.1) is 5.41 Å². The summed E-state index contributed by atoms with van der Waals surface area (Å²) in [5.74, 6) is -1.72. The lowest BCUT2D eigenvalue weighted by atomic mass is 9.64. The smallest absolute Gasteiger partial charge is 0.326 e. The average Bonchev–Trinajstić information content (AvgIpc) is 2.65. The molecule has 1 amide bonds. The van der Waals surface area contributed by atoms with E-state index >= 15 is 0 Å². The van der Waals surface area contributed by atoms with Crippen LogP contribution in [-0.4, -0.2) is 44.6 Å². The number of phenolic OH excluding ortho intramolecular Hbond substituents is 1. The van der Waals surface area contributed by atoms with Crippen LogP contribution in [0.2, 0.25) is 0 Å². The minimum atomic E-state index is -1.34. The maximum atomic E-state index is 12.3. The van der Waals surface area contributed by atoms with Crippen LogP contribution in [0.15, 0.2) is 59.7 Å². The normalized spacial score (nSPS) is 22.2. The van der Waals surface area contributed by atoms with Crippen LogP contribution in [0.5, 0.6) is 5.75 Å². The monoisotopic (exact) mass is 427 g/mol. The highest BCUT2D eigenvalue weighted by molar-refractivity contribution is 5.93. The molecule has 0 heterocycles. The van der Waals surface area contributed by atoms with Crippen molar-refractivity contribution >= 4 is 17.7 Å². The maximum absolute atomic E-state index is 12.3. The van der Waals surface area contributed by atoms with Gasteiger partial charge in [-0.3, -0.25) is 9.59 Å². The van der Waals surface area contributed by atoms with E-state index in [0.717, 1.165) is 0 Å². The van der Waals surface area contributed by atoms with Gasteiger partial charge in [0.2, 0.25) is 5.91 Å². The Kier molecular flexibility index (Phi) is 7.23. The zero-order valence-electron chi connectivity index (χ0n) is 18.2. The number of aliphatic carboxylic acids is 1. The second-order valence-electron chi connectivity index (χ2n) is 8.61. The number of benzene rings is 1. The number of nitrogens with one attached hydrogen (secondary N) is 1. The number of carboxylic acid groups (broad SMARTS) is 1. The van der Waals surface area contributed by atoms with Crippen molar-refractivity contribution in [3.63, 3.8) is 0 Å². The second-order valence-corrected chi connectivity index (χ2v) is 8.61. The molecule has 1 aliphatic carbocycles. The van der Waals surface area contributed by atoms with Gasteiger partial charge in [0.1, 0.15) is 17.4 Å². The average molecular weight is 427 g/mol. The molecule has 0 spiro atoms. The number of aromatic hydroxyl groups is 1. The molecular weight excluding hydrogens is 398 g/mol. The van der Waals surface area contributed by atoms with Crippen LogP contribution in [0.1, 0.15) is 39.7 Å². The first-order valence-corrected chi connectivity index (χ1v) is 9.97. The molecule has 0 aliphatic heterocycles.